The molecule has 1 aromatic heterocycles. The van der Waals surface area contributed by atoms with E-state index in [-0.39, 0.29) is 40.5 Å². The fourth-order valence-corrected chi connectivity index (χ4v) is 4.66. The standard InChI is InChI=1S/C29H25F2N3O6/c1-4-39-17-9-10-18(23(12-17)40-5-2)26(35)24-25(15-7-6-8-16(11-15)38-3)34(28(37)27(24)36)29-32-21-13-19(30)20(31)14-22(21)33-29/h6-14,25,35H,4-5H2,1-3H3,(H,32,33)/b26-24+. The summed E-state index contributed by atoms with van der Waals surface area (Å²) >= 11 is 0. The van der Waals surface area contributed by atoms with Crippen LogP contribution in [0.3, 0.4) is 0 Å². The number of amides is 1. The summed E-state index contributed by atoms with van der Waals surface area (Å²) in [6.07, 6.45) is 0. The molecule has 3 aromatic carbocycles. The van der Waals surface area contributed by atoms with Gasteiger partial charge in [-0.15, -0.1) is 0 Å². The first-order chi connectivity index (χ1) is 19.3. The van der Waals surface area contributed by atoms with Crippen molar-refractivity contribution in [3.8, 4) is 17.2 Å². The second-order valence-corrected chi connectivity index (χ2v) is 8.81. The van der Waals surface area contributed by atoms with Crippen molar-refractivity contribution in [1.29, 1.82) is 0 Å². The number of aromatic amines is 1. The molecule has 1 atom stereocenters. The summed E-state index contributed by atoms with van der Waals surface area (Å²) < 4.78 is 44.4. The number of methoxy groups -OCH3 is 1. The van der Waals surface area contributed by atoms with Crippen molar-refractivity contribution < 1.29 is 37.7 Å². The molecule has 1 fully saturated rings. The number of H-pyrrole nitrogens is 1. The number of hydrogen-bond acceptors (Lipinski definition) is 7. The highest BCUT2D eigenvalue weighted by Gasteiger charge is 2.48. The number of fused-ring (bicyclic) bond motifs is 1. The summed E-state index contributed by atoms with van der Waals surface area (Å²) in [4.78, 5) is 35.1. The summed E-state index contributed by atoms with van der Waals surface area (Å²) in [7, 11) is 1.46. The zero-order valence-corrected chi connectivity index (χ0v) is 21.8. The van der Waals surface area contributed by atoms with Crippen molar-refractivity contribution in [1.82, 2.24) is 9.97 Å². The molecule has 1 amide bonds. The molecule has 1 saturated heterocycles. The van der Waals surface area contributed by atoms with Crippen molar-refractivity contribution in [2.24, 2.45) is 0 Å². The predicted molar refractivity (Wildman–Crippen MR) is 143 cm³/mol. The molecule has 206 valence electrons. The number of benzene rings is 3. The van der Waals surface area contributed by atoms with Crippen LogP contribution in [0.2, 0.25) is 0 Å². The molecule has 0 bridgehead atoms. The maximum atomic E-state index is 13.9. The molecular formula is C29H25F2N3O6. The minimum absolute atomic E-state index is 0.0466. The monoisotopic (exact) mass is 549 g/mol. The molecule has 2 N–H and O–H groups in total. The highest BCUT2D eigenvalue weighted by molar-refractivity contribution is 6.51. The lowest BCUT2D eigenvalue weighted by atomic mass is 9.95. The van der Waals surface area contributed by atoms with Crippen molar-refractivity contribution in [3.63, 3.8) is 0 Å². The van der Waals surface area contributed by atoms with E-state index in [1.165, 1.54) is 13.2 Å². The van der Waals surface area contributed by atoms with Gasteiger partial charge in [0.05, 0.1) is 48.5 Å². The van der Waals surface area contributed by atoms with E-state index in [4.69, 9.17) is 14.2 Å². The zero-order chi connectivity index (χ0) is 28.6. The number of aromatic nitrogens is 2. The number of aliphatic hydroxyl groups excluding tert-OH is 1. The number of ether oxygens (including phenoxy) is 3. The third-order valence-electron chi connectivity index (χ3n) is 6.41. The van der Waals surface area contributed by atoms with E-state index in [2.05, 4.69) is 9.97 Å². The molecule has 1 aliphatic rings. The van der Waals surface area contributed by atoms with Crippen molar-refractivity contribution >= 4 is 34.4 Å². The van der Waals surface area contributed by atoms with Gasteiger partial charge in [0.15, 0.2) is 11.6 Å². The smallest absolute Gasteiger partial charge is 0.302 e. The normalized spacial score (nSPS) is 16.5. The van der Waals surface area contributed by atoms with Gasteiger partial charge in [0.25, 0.3) is 5.78 Å². The third-order valence-corrected chi connectivity index (χ3v) is 6.41. The lowest BCUT2D eigenvalue weighted by Gasteiger charge is -2.23. The molecule has 0 radical (unpaired) electrons. The van der Waals surface area contributed by atoms with Crippen LogP contribution in [0.1, 0.15) is 31.0 Å². The first-order valence-electron chi connectivity index (χ1n) is 12.5. The molecule has 4 aromatic rings. The topological polar surface area (TPSA) is 114 Å². The highest BCUT2D eigenvalue weighted by atomic mass is 19.2. The lowest BCUT2D eigenvalue weighted by molar-refractivity contribution is -0.132. The predicted octanol–water partition coefficient (Wildman–Crippen LogP) is 5.27. The molecule has 0 aliphatic carbocycles. The number of carbonyl (C=O) groups is 2. The van der Waals surface area contributed by atoms with Crippen LogP contribution in [0.4, 0.5) is 14.7 Å². The van der Waals surface area contributed by atoms with Crippen molar-refractivity contribution in [2.45, 2.75) is 19.9 Å². The van der Waals surface area contributed by atoms with E-state index in [1.54, 1.807) is 43.3 Å². The Balaban J connectivity index is 1.74. The summed E-state index contributed by atoms with van der Waals surface area (Å²) in [5.41, 5.74) is 0.517. The Morgan fingerprint density at radius 2 is 1.75 bits per heavy atom. The molecular weight excluding hydrogens is 524 g/mol. The van der Waals surface area contributed by atoms with Crippen LogP contribution in [0.15, 0.2) is 60.2 Å². The van der Waals surface area contributed by atoms with Crippen LogP contribution in [0, 0.1) is 11.6 Å². The quantitative estimate of drug-likeness (QED) is 0.175. The minimum Gasteiger partial charge on any atom is -0.507 e. The number of halogens is 2. The SMILES string of the molecule is CCOc1ccc(/C(O)=C2\C(=O)C(=O)N(c3nc4cc(F)c(F)cc4[nH]3)C2c2cccc(OC)c2)c(OCC)c1. The largest absolute Gasteiger partial charge is 0.507 e. The number of rotatable bonds is 8. The average Bonchev–Trinajstić information content (AvgIpc) is 3.46. The molecule has 0 saturated carbocycles. The molecule has 40 heavy (non-hydrogen) atoms. The van der Waals surface area contributed by atoms with Crippen LogP contribution in [0.25, 0.3) is 16.8 Å². The number of ketones is 1. The Bertz CT molecular complexity index is 1630. The molecule has 5 rings (SSSR count). The van der Waals surface area contributed by atoms with Gasteiger partial charge in [0.1, 0.15) is 23.0 Å². The second kappa shape index (κ2) is 10.7. The van der Waals surface area contributed by atoms with Crippen LogP contribution >= 0.6 is 0 Å². The van der Waals surface area contributed by atoms with Gasteiger partial charge in [-0.05, 0) is 43.7 Å². The Hall–Kier alpha value is -4.93. The number of nitrogens with zero attached hydrogens (tertiary/aromatic N) is 2. The van der Waals surface area contributed by atoms with Gasteiger partial charge >= 0.3 is 5.91 Å². The highest BCUT2D eigenvalue weighted by Crippen LogP contribution is 2.44. The van der Waals surface area contributed by atoms with Gasteiger partial charge in [0.2, 0.25) is 5.95 Å². The maximum Gasteiger partial charge on any atom is 0.302 e. The minimum atomic E-state index is -1.17. The van der Waals surface area contributed by atoms with Crippen LogP contribution in [0.5, 0.6) is 17.2 Å². The summed E-state index contributed by atoms with van der Waals surface area (Å²) in [5, 5.41) is 11.6. The second-order valence-electron chi connectivity index (χ2n) is 8.81. The van der Waals surface area contributed by atoms with Gasteiger partial charge in [0, 0.05) is 18.2 Å². The van der Waals surface area contributed by atoms with Crippen molar-refractivity contribution in [2.75, 3.05) is 25.2 Å². The third kappa shape index (κ3) is 4.59. The van der Waals surface area contributed by atoms with E-state index in [0.717, 1.165) is 17.0 Å². The Kier molecular flexibility index (Phi) is 7.12. The lowest BCUT2D eigenvalue weighted by Crippen LogP contribution is -2.30. The number of anilines is 1. The fourth-order valence-electron chi connectivity index (χ4n) is 4.66. The molecule has 1 aliphatic heterocycles. The van der Waals surface area contributed by atoms with Gasteiger partial charge in [-0.3, -0.25) is 14.5 Å². The average molecular weight is 550 g/mol. The van der Waals surface area contributed by atoms with E-state index in [9.17, 15) is 23.5 Å². The maximum absolute atomic E-state index is 13.9. The van der Waals surface area contributed by atoms with Crippen LogP contribution < -0.4 is 19.1 Å². The van der Waals surface area contributed by atoms with Gasteiger partial charge in [-0.2, -0.15) is 0 Å². The number of nitrogens with one attached hydrogen (secondary N) is 1. The van der Waals surface area contributed by atoms with Crippen LogP contribution in [-0.2, 0) is 9.59 Å². The summed E-state index contributed by atoms with van der Waals surface area (Å²) in [6, 6.07) is 12.0. The van der Waals surface area contributed by atoms with Gasteiger partial charge in [-0.25, -0.2) is 13.8 Å². The van der Waals surface area contributed by atoms with Crippen LogP contribution in [-0.4, -0.2) is 47.1 Å². The Morgan fingerprint density at radius 3 is 2.48 bits per heavy atom. The molecule has 9 nitrogen and oxygen atoms in total. The van der Waals surface area contributed by atoms with Crippen molar-refractivity contribution in [3.05, 3.63) is 82.9 Å². The number of carbonyl (C=O) groups excluding carboxylic acids is 2. The number of aliphatic hydroxyl groups is 1. The Morgan fingerprint density at radius 1 is 1.00 bits per heavy atom. The van der Waals surface area contributed by atoms with E-state index in [1.807, 2.05) is 6.92 Å². The number of hydrogen-bond donors (Lipinski definition) is 2. The van der Waals surface area contributed by atoms with Gasteiger partial charge < -0.3 is 24.3 Å². The first kappa shape index (κ1) is 26.7. The fraction of sp³-hybridized carbons (Fsp3) is 0.207. The first-order valence-corrected chi connectivity index (χ1v) is 12.5. The molecule has 0 spiro atoms. The van der Waals surface area contributed by atoms with Gasteiger partial charge in [-0.1, -0.05) is 12.1 Å². The summed E-state index contributed by atoms with van der Waals surface area (Å²) in [6.45, 7) is 4.25. The molecule has 1 unspecified atom stereocenters. The molecule has 11 heteroatoms. The Labute approximate surface area is 227 Å². The number of imidazole rings is 1. The van der Waals surface area contributed by atoms with E-state index >= 15 is 0 Å². The number of Topliss-reactive ketones (excluding diaryl/α,β-unsaturated/α-hetero) is 1. The molecule has 2 heterocycles. The summed E-state index contributed by atoms with van der Waals surface area (Å²) in [5.74, 6) is -3.64. The zero-order valence-electron chi connectivity index (χ0n) is 21.8. The van der Waals surface area contributed by atoms with E-state index in [0.29, 0.717) is 23.7 Å². The van der Waals surface area contributed by atoms with E-state index < -0.39 is 35.1 Å².